The third-order valence-electron chi connectivity index (χ3n) is 3.15. The quantitative estimate of drug-likeness (QED) is 0.818. The molecule has 0 heterocycles. The van der Waals surface area contributed by atoms with Crippen LogP contribution in [0, 0.1) is 13.8 Å². The summed E-state index contributed by atoms with van der Waals surface area (Å²) in [5, 5.41) is 3.40. The van der Waals surface area contributed by atoms with Gasteiger partial charge in [0.05, 0.1) is 12.8 Å². The number of hydrogen-bond acceptors (Lipinski definition) is 3. The number of ether oxygens (including phenoxy) is 1. The average molecular weight is 220 g/mol. The van der Waals surface area contributed by atoms with E-state index in [1.807, 2.05) is 0 Å². The molecule has 0 aliphatic heterocycles. The Morgan fingerprint density at radius 3 is 2.62 bits per heavy atom. The van der Waals surface area contributed by atoms with Crippen molar-refractivity contribution in [3.05, 3.63) is 23.3 Å². The molecule has 0 unspecified atom stereocenters. The van der Waals surface area contributed by atoms with Gasteiger partial charge in [-0.15, -0.1) is 0 Å². The third-order valence-corrected chi connectivity index (χ3v) is 3.15. The maximum Gasteiger partial charge on any atom is 0.144 e. The van der Waals surface area contributed by atoms with Crippen molar-refractivity contribution in [1.82, 2.24) is 0 Å². The molecule has 0 atom stereocenters. The molecule has 3 nitrogen and oxygen atoms in total. The highest BCUT2D eigenvalue weighted by Gasteiger charge is 2.37. The van der Waals surface area contributed by atoms with Gasteiger partial charge in [-0.3, -0.25) is 0 Å². The number of benzene rings is 1. The molecule has 0 bridgehead atoms. The van der Waals surface area contributed by atoms with Crippen molar-refractivity contribution < 1.29 is 4.74 Å². The van der Waals surface area contributed by atoms with Gasteiger partial charge in [0, 0.05) is 12.1 Å². The van der Waals surface area contributed by atoms with Crippen LogP contribution in [0.2, 0.25) is 0 Å². The van der Waals surface area contributed by atoms with Gasteiger partial charge >= 0.3 is 0 Å². The van der Waals surface area contributed by atoms with Crippen LogP contribution >= 0.6 is 0 Å². The molecule has 88 valence electrons. The van der Waals surface area contributed by atoms with Crippen LogP contribution in [0.4, 0.5) is 5.69 Å². The minimum absolute atomic E-state index is 0.0165. The second-order valence-corrected chi connectivity index (χ2v) is 4.88. The summed E-state index contributed by atoms with van der Waals surface area (Å²) in [4.78, 5) is 0. The van der Waals surface area contributed by atoms with E-state index in [-0.39, 0.29) is 5.54 Å². The van der Waals surface area contributed by atoms with Gasteiger partial charge in [0.25, 0.3) is 0 Å². The van der Waals surface area contributed by atoms with Crippen LogP contribution in [-0.2, 0) is 0 Å². The molecule has 0 aromatic heterocycles. The number of nitrogens with two attached hydrogens (primary N) is 1. The van der Waals surface area contributed by atoms with Crippen LogP contribution in [0.3, 0.4) is 0 Å². The lowest BCUT2D eigenvalue weighted by atomic mass is 10.1. The van der Waals surface area contributed by atoms with E-state index in [1.165, 1.54) is 5.56 Å². The molecule has 1 aromatic carbocycles. The van der Waals surface area contributed by atoms with Gasteiger partial charge in [-0.25, -0.2) is 0 Å². The van der Waals surface area contributed by atoms with E-state index in [0.29, 0.717) is 0 Å². The molecule has 1 aromatic rings. The van der Waals surface area contributed by atoms with Gasteiger partial charge in [-0.2, -0.15) is 0 Å². The average Bonchev–Trinajstić information content (AvgIpc) is 2.94. The normalized spacial score (nSPS) is 17.0. The molecular formula is C13H20N2O. The fraction of sp³-hybridized carbons (Fsp3) is 0.538. The second kappa shape index (κ2) is 3.98. The number of aryl methyl sites for hydroxylation is 2. The van der Waals surface area contributed by atoms with Crippen LogP contribution in [0.1, 0.15) is 24.0 Å². The predicted octanol–water partition coefficient (Wildman–Crippen LogP) is 2.22. The van der Waals surface area contributed by atoms with Crippen LogP contribution in [-0.4, -0.2) is 19.2 Å². The molecule has 0 spiro atoms. The summed E-state index contributed by atoms with van der Waals surface area (Å²) in [6, 6.07) is 4.23. The molecule has 3 N–H and O–H groups in total. The molecule has 1 aliphatic rings. The zero-order chi connectivity index (χ0) is 11.8. The van der Waals surface area contributed by atoms with E-state index >= 15 is 0 Å². The van der Waals surface area contributed by atoms with Crippen molar-refractivity contribution >= 4 is 5.69 Å². The fourth-order valence-corrected chi connectivity index (χ4v) is 1.97. The molecule has 1 aliphatic carbocycles. The highest BCUT2D eigenvalue weighted by molar-refractivity contribution is 5.62. The summed E-state index contributed by atoms with van der Waals surface area (Å²) in [7, 11) is 1.71. The number of hydrogen-bond donors (Lipinski definition) is 2. The van der Waals surface area contributed by atoms with Gasteiger partial charge in [0.1, 0.15) is 5.75 Å². The van der Waals surface area contributed by atoms with E-state index in [9.17, 15) is 0 Å². The standard InChI is InChI=1S/C13H20N2O/c1-9-6-10(2)12(16-3)11(7-9)15-8-13(14)4-5-13/h6-7,15H,4-5,8,14H2,1-3H3. The number of methoxy groups -OCH3 is 1. The van der Waals surface area contributed by atoms with E-state index in [4.69, 9.17) is 10.5 Å². The van der Waals surface area contributed by atoms with Gasteiger partial charge in [-0.05, 0) is 43.9 Å². The molecule has 0 saturated heterocycles. The first-order valence-corrected chi connectivity index (χ1v) is 5.72. The SMILES string of the molecule is COc1c(C)cc(C)cc1NCC1(N)CC1. The Hall–Kier alpha value is -1.22. The minimum Gasteiger partial charge on any atom is -0.494 e. The zero-order valence-corrected chi connectivity index (χ0v) is 10.3. The summed E-state index contributed by atoms with van der Waals surface area (Å²) in [5.74, 6) is 0.926. The van der Waals surface area contributed by atoms with E-state index < -0.39 is 0 Å². The lowest BCUT2D eigenvalue weighted by molar-refractivity contribution is 0.413. The van der Waals surface area contributed by atoms with E-state index in [2.05, 4.69) is 31.3 Å². The largest absolute Gasteiger partial charge is 0.494 e. The highest BCUT2D eigenvalue weighted by Crippen LogP contribution is 2.35. The van der Waals surface area contributed by atoms with Crippen molar-refractivity contribution in [2.45, 2.75) is 32.2 Å². The van der Waals surface area contributed by atoms with Gasteiger partial charge < -0.3 is 15.8 Å². The number of anilines is 1. The molecule has 2 rings (SSSR count). The Kier molecular flexibility index (Phi) is 2.80. The first kappa shape index (κ1) is 11.3. The monoisotopic (exact) mass is 220 g/mol. The predicted molar refractivity (Wildman–Crippen MR) is 67.1 cm³/mol. The van der Waals surface area contributed by atoms with Crippen molar-refractivity contribution in [2.75, 3.05) is 19.0 Å². The Balaban J connectivity index is 2.17. The summed E-state index contributed by atoms with van der Waals surface area (Å²) in [6.07, 6.45) is 2.24. The van der Waals surface area contributed by atoms with Crippen LogP contribution < -0.4 is 15.8 Å². The van der Waals surface area contributed by atoms with Gasteiger partial charge in [-0.1, -0.05) is 6.07 Å². The zero-order valence-electron chi connectivity index (χ0n) is 10.3. The molecule has 3 heteroatoms. The molecule has 16 heavy (non-hydrogen) atoms. The van der Waals surface area contributed by atoms with E-state index in [0.717, 1.165) is 36.4 Å². The lowest BCUT2D eigenvalue weighted by Crippen LogP contribution is -2.31. The molecular weight excluding hydrogens is 200 g/mol. The molecule has 1 fully saturated rings. The Morgan fingerprint density at radius 1 is 1.38 bits per heavy atom. The summed E-state index contributed by atoms with van der Waals surface area (Å²) >= 11 is 0. The van der Waals surface area contributed by atoms with E-state index in [1.54, 1.807) is 7.11 Å². The third kappa shape index (κ3) is 2.30. The number of nitrogens with one attached hydrogen (secondary N) is 1. The summed E-state index contributed by atoms with van der Waals surface area (Å²) in [6.45, 7) is 4.98. The maximum absolute atomic E-state index is 6.06. The summed E-state index contributed by atoms with van der Waals surface area (Å²) in [5.41, 5.74) is 9.53. The summed E-state index contributed by atoms with van der Waals surface area (Å²) < 4.78 is 5.41. The minimum atomic E-state index is 0.0165. The van der Waals surface area contributed by atoms with Crippen molar-refractivity contribution in [1.29, 1.82) is 0 Å². The Labute approximate surface area is 97.0 Å². The molecule has 0 radical (unpaired) electrons. The van der Waals surface area contributed by atoms with Crippen LogP contribution in [0.15, 0.2) is 12.1 Å². The van der Waals surface area contributed by atoms with Gasteiger partial charge in [0.2, 0.25) is 0 Å². The lowest BCUT2D eigenvalue weighted by Gasteiger charge is -2.17. The first-order valence-electron chi connectivity index (χ1n) is 5.72. The number of rotatable bonds is 4. The smallest absolute Gasteiger partial charge is 0.144 e. The maximum atomic E-state index is 6.06. The van der Waals surface area contributed by atoms with Crippen molar-refractivity contribution in [3.8, 4) is 5.75 Å². The van der Waals surface area contributed by atoms with Crippen molar-refractivity contribution in [2.24, 2.45) is 5.73 Å². The highest BCUT2D eigenvalue weighted by atomic mass is 16.5. The first-order chi connectivity index (χ1) is 7.54. The fourth-order valence-electron chi connectivity index (χ4n) is 1.97. The Morgan fingerprint density at radius 2 is 2.06 bits per heavy atom. The van der Waals surface area contributed by atoms with Crippen molar-refractivity contribution in [3.63, 3.8) is 0 Å². The Bertz CT molecular complexity index is 397. The molecule has 0 amide bonds. The van der Waals surface area contributed by atoms with Crippen LogP contribution in [0.25, 0.3) is 0 Å². The second-order valence-electron chi connectivity index (χ2n) is 4.88. The molecule has 1 saturated carbocycles. The topological polar surface area (TPSA) is 47.3 Å². The van der Waals surface area contributed by atoms with Gasteiger partial charge in [0.15, 0.2) is 0 Å². The van der Waals surface area contributed by atoms with Crippen LogP contribution in [0.5, 0.6) is 5.75 Å².